The van der Waals surface area contributed by atoms with Crippen LogP contribution in [-0.4, -0.2) is 35.1 Å². The predicted molar refractivity (Wildman–Crippen MR) is 104 cm³/mol. The summed E-state index contributed by atoms with van der Waals surface area (Å²) in [4.78, 5) is 6.65. The quantitative estimate of drug-likeness (QED) is 0.717. The van der Waals surface area contributed by atoms with Crippen LogP contribution >= 0.6 is 0 Å². The number of nitrogens with zero attached hydrogens (tertiary/aromatic N) is 1. The van der Waals surface area contributed by atoms with Gasteiger partial charge in [0.1, 0.15) is 6.10 Å². The molecule has 0 radical (unpaired) electrons. The van der Waals surface area contributed by atoms with E-state index in [1.54, 1.807) is 0 Å². The van der Waals surface area contributed by atoms with Crippen LogP contribution in [0.2, 0.25) is 0 Å². The summed E-state index contributed by atoms with van der Waals surface area (Å²) in [5.74, 6) is -0.469. The highest BCUT2D eigenvalue weighted by molar-refractivity contribution is 5.17. The highest BCUT2D eigenvalue weighted by Crippen LogP contribution is 2.50. The minimum atomic E-state index is -0.469. The Morgan fingerprint density at radius 1 is 1.04 bits per heavy atom. The summed E-state index contributed by atoms with van der Waals surface area (Å²) in [5, 5.41) is 2.28. The molecular weight excluding hydrogens is 326 g/mol. The van der Waals surface area contributed by atoms with Crippen molar-refractivity contribution in [3.63, 3.8) is 0 Å². The van der Waals surface area contributed by atoms with Gasteiger partial charge in [0.15, 0.2) is 5.79 Å². The third-order valence-corrected chi connectivity index (χ3v) is 6.15. The van der Waals surface area contributed by atoms with E-state index in [0.717, 1.165) is 45.3 Å². The lowest BCUT2D eigenvalue weighted by atomic mass is 9.73. The van der Waals surface area contributed by atoms with E-state index < -0.39 is 5.79 Å². The highest BCUT2D eigenvalue weighted by atomic mass is 16.7. The van der Waals surface area contributed by atoms with Gasteiger partial charge in [0, 0.05) is 18.4 Å². The second-order valence-corrected chi connectivity index (χ2v) is 8.51. The molecule has 1 spiro atoms. The molecule has 0 aromatic heterocycles. The maximum atomic E-state index is 6.65. The standard InChI is InChI=1S/C22H35NO3/c1-6-21(7-2)17-22(24-14-11-15-25-22)16-20(4,5)23(21)26-18(3)19-12-9-8-10-13-19/h8-10,12-13,18H,6-7,11,14-17H2,1-5H3. The van der Waals surface area contributed by atoms with Crippen LogP contribution in [-0.2, 0) is 14.3 Å². The Balaban J connectivity index is 1.89. The zero-order valence-electron chi connectivity index (χ0n) is 17.1. The minimum absolute atomic E-state index is 0.00944. The average Bonchev–Trinajstić information content (AvgIpc) is 2.64. The summed E-state index contributed by atoms with van der Waals surface area (Å²) in [7, 11) is 0. The fraction of sp³-hybridized carbons (Fsp3) is 0.727. The molecule has 26 heavy (non-hydrogen) atoms. The maximum Gasteiger partial charge on any atom is 0.171 e. The first-order valence-corrected chi connectivity index (χ1v) is 10.2. The largest absolute Gasteiger partial charge is 0.350 e. The van der Waals surface area contributed by atoms with Crippen molar-refractivity contribution >= 4 is 0 Å². The lowest BCUT2D eigenvalue weighted by Crippen LogP contribution is -2.68. The predicted octanol–water partition coefficient (Wildman–Crippen LogP) is 5.25. The first-order chi connectivity index (χ1) is 12.4. The maximum absolute atomic E-state index is 6.65. The van der Waals surface area contributed by atoms with Gasteiger partial charge in [-0.3, -0.25) is 4.84 Å². The van der Waals surface area contributed by atoms with E-state index >= 15 is 0 Å². The van der Waals surface area contributed by atoms with Gasteiger partial charge in [0.25, 0.3) is 0 Å². The SMILES string of the molecule is CCC1(CC)CC2(CC(C)(C)N1OC(C)c1ccccc1)OCCCO2. The van der Waals surface area contributed by atoms with Crippen molar-refractivity contribution in [2.75, 3.05) is 13.2 Å². The van der Waals surface area contributed by atoms with Crippen molar-refractivity contribution < 1.29 is 14.3 Å². The molecule has 4 nitrogen and oxygen atoms in total. The lowest BCUT2D eigenvalue weighted by Gasteiger charge is -2.60. The molecule has 146 valence electrons. The molecule has 4 heteroatoms. The average molecular weight is 362 g/mol. The normalized spacial score (nSPS) is 25.9. The van der Waals surface area contributed by atoms with Crippen LogP contribution in [0.25, 0.3) is 0 Å². The Kier molecular flexibility index (Phi) is 5.78. The van der Waals surface area contributed by atoms with E-state index in [1.165, 1.54) is 5.56 Å². The number of benzene rings is 1. The fourth-order valence-corrected chi connectivity index (χ4v) is 4.81. The molecule has 1 aromatic rings. The second kappa shape index (κ2) is 7.59. The van der Waals surface area contributed by atoms with Crippen LogP contribution in [0, 0.1) is 0 Å². The summed E-state index contributed by atoms with van der Waals surface area (Å²) in [6, 6.07) is 10.5. The molecular formula is C22H35NO3. The number of hydrogen-bond acceptors (Lipinski definition) is 4. The van der Waals surface area contributed by atoms with Crippen molar-refractivity contribution in [1.29, 1.82) is 0 Å². The number of piperidine rings is 1. The zero-order chi connectivity index (χ0) is 18.8. The van der Waals surface area contributed by atoms with E-state index in [4.69, 9.17) is 14.3 Å². The summed E-state index contributed by atoms with van der Waals surface area (Å²) in [6.45, 7) is 12.7. The molecule has 2 fully saturated rings. The summed E-state index contributed by atoms with van der Waals surface area (Å²) >= 11 is 0. The number of hydrogen-bond donors (Lipinski definition) is 0. The molecule has 1 aromatic carbocycles. The second-order valence-electron chi connectivity index (χ2n) is 8.51. The third-order valence-electron chi connectivity index (χ3n) is 6.15. The first-order valence-electron chi connectivity index (χ1n) is 10.2. The highest BCUT2D eigenvalue weighted by Gasteiger charge is 2.58. The molecule has 2 aliphatic rings. The van der Waals surface area contributed by atoms with Gasteiger partial charge >= 0.3 is 0 Å². The Labute approximate surface area is 158 Å². The van der Waals surface area contributed by atoms with Crippen LogP contribution in [0.5, 0.6) is 0 Å². The van der Waals surface area contributed by atoms with Gasteiger partial charge in [-0.15, -0.1) is 0 Å². The minimum Gasteiger partial charge on any atom is -0.350 e. The Morgan fingerprint density at radius 2 is 1.65 bits per heavy atom. The van der Waals surface area contributed by atoms with Crippen molar-refractivity contribution in [2.45, 2.75) is 89.7 Å². The van der Waals surface area contributed by atoms with Gasteiger partial charge in [0.2, 0.25) is 0 Å². The van der Waals surface area contributed by atoms with Gasteiger partial charge in [0.05, 0.1) is 18.8 Å². The zero-order valence-corrected chi connectivity index (χ0v) is 17.1. The summed E-state index contributed by atoms with van der Waals surface area (Å²) in [6.07, 6.45) is 4.68. The molecule has 2 aliphatic heterocycles. The monoisotopic (exact) mass is 361 g/mol. The fourth-order valence-electron chi connectivity index (χ4n) is 4.81. The van der Waals surface area contributed by atoms with Crippen molar-refractivity contribution in [3.8, 4) is 0 Å². The molecule has 0 aliphatic carbocycles. The number of hydroxylamine groups is 2. The number of ether oxygens (including phenoxy) is 2. The molecule has 0 bridgehead atoms. The van der Waals surface area contributed by atoms with E-state index in [-0.39, 0.29) is 17.2 Å². The third kappa shape index (κ3) is 3.70. The Hall–Kier alpha value is -0.940. The topological polar surface area (TPSA) is 30.9 Å². The molecule has 0 N–H and O–H groups in total. The van der Waals surface area contributed by atoms with Crippen LogP contribution in [0.4, 0.5) is 0 Å². The van der Waals surface area contributed by atoms with Gasteiger partial charge in [-0.25, -0.2) is 0 Å². The van der Waals surface area contributed by atoms with Gasteiger partial charge in [-0.2, -0.15) is 5.06 Å². The van der Waals surface area contributed by atoms with Crippen molar-refractivity contribution in [3.05, 3.63) is 35.9 Å². The van der Waals surface area contributed by atoms with E-state index in [2.05, 4.69) is 63.9 Å². The van der Waals surface area contributed by atoms with E-state index in [0.29, 0.717) is 0 Å². The van der Waals surface area contributed by atoms with Crippen LogP contribution < -0.4 is 0 Å². The molecule has 2 heterocycles. The molecule has 0 saturated carbocycles. The van der Waals surface area contributed by atoms with Crippen molar-refractivity contribution in [1.82, 2.24) is 5.06 Å². The molecule has 1 atom stereocenters. The van der Waals surface area contributed by atoms with E-state index in [9.17, 15) is 0 Å². The van der Waals surface area contributed by atoms with Crippen molar-refractivity contribution in [2.24, 2.45) is 0 Å². The summed E-state index contributed by atoms with van der Waals surface area (Å²) < 4.78 is 12.5. The van der Waals surface area contributed by atoms with Gasteiger partial charge in [-0.1, -0.05) is 44.2 Å². The van der Waals surface area contributed by atoms with Crippen LogP contribution in [0.3, 0.4) is 0 Å². The number of rotatable bonds is 5. The Bertz CT molecular complexity index is 576. The Morgan fingerprint density at radius 3 is 2.23 bits per heavy atom. The van der Waals surface area contributed by atoms with Gasteiger partial charge in [-0.05, 0) is 45.6 Å². The molecule has 3 rings (SSSR count). The lowest BCUT2D eigenvalue weighted by molar-refractivity contribution is -0.383. The van der Waals surface area contributed by atoms with Crippen LogP contribution in [0.1, 0.15) is 78.4 Å². The molecule has 1 unspecified atom stereocenters. The molecule has 0 amide bonds. The van der Waals surface area contributed by atoms with E-state index in [1.807, 2.05) is 6.07 Å². The summed E-state index contributed by atoms with van der Waals surface area (Å²) in [5.41, 5.74) is 0.933. The van der Waals surface area contributed by atoms with Gasteiger partial charge < -0.3 is 9.47 Å². The molecule has 2 saturated heterocycles. The first kappa shape index (κ1) is 19.8. The van der Waals surface area contributed by atoms with Crippen LogP contribution in [0.15, 0.2) is 30.3 Å². The smallest absolute Gasteiger partial charge is 0.171 e.